The van der Waals surface area contributed by atoms with Crippen molar-refractivity contribution in [2.24, 2.45) is 0 Å². The maximum atomic E-state index is 12.2. The minimum Gasteiger partial charge on any atom is -0.332 e. The molecule has 0 saturated heterocycles. The van der Waals surface area contributed by atoms with Crippen molar-refractivity contribution in [3.8, 4) is 0 Å². The maximum absolute atomic E-state index is 12.2. The lowest BCUT2D eigenvalue weighted by atomic mass is 10.3. The number of hydrogen-bond acceptors (Lipinski definition) is 4. The zero-order valence-corrected chi connectivity index (χ0v) is 15.3. The van der Waals surface area contributed by atoms with Crippen molar-refractivity contribution >= 4 is 56.5 Å². The van der Waals surface area contributed by atoms with Crippen LogP contribution in [0.3, 0.4) is 0 Å². The predicted octanol–water partition coefficient (Wildman–Crippen LogP) is 3.94. The zero-order chi connectivity index (χ0) is 16.1. The lowest BCUT2D eigenvalue weighted by Gasteiger charge is -2.16. The molecule has 1 heterocycles. The van der Waals surface area contributed by atoms with E-state index in [1.807, 2.05) is 36.6 Å². The standard InChI is InChI=1S/C15H15BrN2O2S2/c1-18(15(20)12-7-8-13(16)22-12)9-14(19)17-10-3-5-11(21-2)6-4-10/h3-8H,9H2,1-2H3,(H,17,19). The van der Waals surface area contributed by atoms with Gasteiger partial charge in [-0.25, -0.2) is 0 Å². The Morgan fingerprint density at radius 1 is 1.23 bits per heavy atom. The number of thioether (sulfide) groups is 1. The van der Waals surface area contributed by atoms with E-state index in [0.717, 1.165) is 14.4 Å². The highest BCUT2D eigenvalue weighted by atomic mass is 79.9. The van der Waals surface area contributed by atoms with Gasteiger partial charge in [-0.15, -0.1) is 23.1 Å². The number of nitrogens with zero attached hydrogens (tertiary/aromatic N) is 1. The molecule has 1 aromatic heterocycles. The smallest absolute Gasteiger partial charge is 0.264 e. The highest BCUT2D eigenvalue weighted by molar-refractivity contribution is 9.11. The number of nitrogens with one attached hydrogen (secondary N) is 1. The van der Waals surface area contributed by atoms with Crippen molar-refractivity contribution < 1.29 is 9.59 Å². The summed E-state index contributed by atoms with van der Waals surface area (Å²) in [5, 5.41) is 2.79. The van der Waals surface area contributed by atoms with Crippen LogP contribution >= 0.6 is 39.0 Å². The Labute approximate surface area is 146 Å². The third kappa shape index (κ3) is 4.59. The number of rotatable bonds is 5. The Bertz CT molecular complexity index is 670. The molecule has 1 aromatic carbocycles. The second kappa shape index (κ2) is 7.80. The Hall–Kier alpha value is -1.31. The van der Waals surface area contributed by atoms with E-state index in [-0.39, 0.29) is 18.4 Å². The van der Waals surface area contributed by atoms with Crippen LogP contribution < -0.4 is 5.32 Å². The molecule has 0 spiro atoms. The van der Waals surface area contributed by atoms with E-state index in [1.165, 1.54) is 16.2 Å². The van der Waals surface area contributed by atoms with Crippen LogP contribution in [-0.4, -0.2) is 36.6 Å². The van der Waals surface area contributed by atoms with Gasteiger partial charge in [0, 0.05) is 17.6 Å². The second-order valence-electron chi connectivity index (χ2n) is 4.54. The molecule has 1 N–H and O–H groups in total. The van der Waals surface area contributed by atoms with Crippen LogP contribution in [-0.2, 0) is 4.79 Å². The summed E-state index contributed by atoms with van der Waals surface area (Å²) in [6.07, 6.45) is 2.00. The van der Waals surface area contributed by atoms with E-state index in [2.05, 4.69) is 21.2 Å². The van der Waals surface area contributed by atoms with E-state index in [4.69, 9.17) is 0 Å². The molecule has 0 aliphatic rings. The molecule has 7 heteroatoms. The van der Waals surface area contributed by atoms with Crippen molar-refractivity contribution in [2.75, 3.05) is 25.2 Å². The van der Waals surface area contributed by atoms with Crippen molar-refractivity contribution in [3.63, 3.8) is 0 Å². The third-order valence-electron chi connectivity index (χ3n) is 2.89. The van der Waals surface area contributed by atoms with Crippen molar-refractivity contribution in [1.82, 2.24) is 4.90 Å². The molecule has 0 atom stereocenters. The molecule has 0 radical (unpaired) electrons. The molecule has 116 valence electrons. The summed E-state index contributed by atoms with van der Waals surface area (Å²) in [5.41, 5.74) is 0.725. The highest BCUT2D eigenvalue weighted by Crippen LogP contribution is 2.23. The number of likely N-dealkylation sites (N-methyl/N-ethyl adjacent to an activating group) is 1. The van der Waals surface area contributed by atoms with E-state index in [0.29, 0.717) is 4.88 Å². The number of thiophene rings is 1. The fraction of sp³-hybridized carbons (Fsp3) is 0.200. The summed E-state index contributed by atoms with van der Waals surface area (Å²) in [7, 11) is 1.62. The average molecular weight is 399 g/mol. The summed E-state index contributed by atoms with van der Waals surface area (Å²) < 4.78 is 0.891. The number of amides is 2. The summed E-state index contributed by atoms with van der Waals surface area (Å²) in [6, 6.07) is 11.1. The van der Waals surface area contributed by atoms with Crippen LogP contribution in [0.25, 0.3) is 0 Å². The fourth-order valence-electron chi connectivity index (χ4n) is 1.78. The Kier molecular flexibility index (Phi) is 6.05. The molecular weight excluding hydrogens is 384 g/mol. The van der Waals surface area contributed by atoms with Gasteiger partial charge in [0.05, 0.1) is 15.2 Å². The molecule has 2 amide bonds. The number of halogens is 1. The molecule has 0 saturated carbocycles. The van der Waals surface area contributed by atoms with E-state index in [1.54, 1.807) is 24.9 Å². The van der Waals surface area contributed by atoms with Crippen molar-refractivity contribution in [2.45, 2.75) is 4.90 Å². The highest BCUT2D eigenvalue weighted by Gasteiger charge is 2.16. The van der Waals surface area contributed by atoms with Crippen LogP contribution in [0.4, 0.5) is 5.69 Å². The van der Waals surface area contributed by atoms with Gasteiger partial charge >= 0.3 is 0 Å². The minimum atomic E-state index is -0.219. The van der Waals surface area contributed by atoms with E-state index in [9.17, 15) is 9.59 Å². The molecule has 0 aliphatic carbocycles. The molecular formula is C15H15BrN2O2S2. The van der Waals surface area contributed by atoms with Gasteiger partial charge in [0.15, 0.2) is 0 Å². The SMILES string of the molecule is CSc1ccc(NC(=O)CN(C)C(=O)c2ccc(Br)s2)cc1. The second-order valence-corrected chi connectivity index (χ2v) is 7.88. The summed E-state index contributed by atoms with van der Waals surface area (Å²) in [5.74, 6) is -0.382. The molecule has 0 aliphatic heterocycles. The van der Waals surface area contributed by atoms with Crippen LogP contribution in [0.15, 0.2) is 45.1 Å². The van der Waals surface area contributed by atoms with Gasteiger partial charge in [-0.05, 0) is 58.6 Å². The third-order valence-corrected chi connectivity index (χ3v) is 5.24. The zero-order valence-electron chi connectivity index (χ0n) is 12.1. The molecule has 22 heavy (non-hydrogen) atoms. The molecule has 0 bridgehead atoms. The summed E-state index contributed by atoms with van der Waals surface area (Å²) in [4.78, 5) is 27.3. The summed E-state index contributed by atoms with van der Waals surface area (Å²) in [6.45, 7) is 0.0125. The monoisotopic (exact) mass is 398 g/mol. The number of hydrogen-bond donors (Lipinski definition) is 1. The Balaban J connectivity index is 1.91. The number of benzene rings is 1. The molecule has 2 aromatic rings. The van der Waals surface area contributed by atoms with Crippen molar-refractivity contribution in [1.29, 1.82) is 0 Å². The minimum absolute atomic E-state index is 0.0125. The average Bonchev–Trinajstić information content (AvgIpc) is 2.93. The first-order valence-corrected chi connectivity index (χ1v) is 9.27. The van der Waals surface area contributed by atoms with Crippen LogP contribution in [0.2, 0.25) is 0 Å². The largest absolute Gasteiger partial charge is 0.332 e. The first kappa shape index (κ1) is 17.1. The predicted molar refractivity (Wildman–Crippen MR) is 95.8 cm³/mol. The first-order valence-electron chi connectivity index (χ1n) is 6.44. The fourth-order valence-corrected chi connectivity index (χ4v) is 3.57. The van der Waals surface area contributed by atoms with Crippen LogP contribution in [0.1, 0.15) is 9.67 Å². The van der Waals surface area contributed by atoms with Gasteiger partial charge in [-0.3, -0.25) is 9.59 Å². The lowest BCUT2D eigenvalue weighted by Crippen LogP contribution is -2.34. The van der Waals surface area contributed by atoms with Crippen molar-refractivity contribution in [3.05, 3.63) is 45.1 Å². The Morgan fingerprint density at radius 2 is 1.91 bits per heavy atom. The van der Waals surface area contributed by atoms with E-state index >= 15 is 0 Å². The molecule has 0 unspecified atom stereocenters. The Morgan fingerprint density at radius 3 is 2.45 bits per heavy atom. The number of carbonyl (C=O) groups is 2. The van der Waals surface area contributed by atoms with Gasteiger partial charge < -0.3 is 10.2 Å². The van der Waals surface area contributed by atoms with Gasteiger partial charge in [0.25, 0.3) is 5.91 Å². The van der Waals surface area contributed by atoms with Gasteiger partial charge in [-0.1, -0.05) is 0 Å². The van der Waals surface area contributed by atoms with Crippen LogP contribution in [0.5, 0.6) is 0 Å². The summed E-state index contributed by atoms with van der Waals surface area (Å²) >= 11 is 6.32. The number of anilines is 1. The first-order chi connectivity index (χ1) is 10.5. The van der Waals surface area contributed by atoms with E-state index < -0.39 is 0 Å². The molecule has 4 nitrogen and oxygen atoms in total. The molecule has 0 fully saturated rings. The number of carbonyl (C=O) groups excluding carboxylic acids is 2. The van der Waals surface area contributed by atoms with Gasteiger partial charge in [0.1, 0.15) is 0 Å². The van der Waals surface area contributed by atoms with Gasteiger partial charge in [-0.2, -0.15) is 0 Å². The molecule has 2 rings (SSSR count). The van der Waals surface area contributed by atoms with Crippen LogP contribution in [0, 0.1) is 0 Å². The lowest BCUT2D eigenvalue weighted by molar-refractivity contribution is -0.116. The quantitative estimate of drug-likeness (QED) is 0.775. The topological polar surface area (TPSA) is 49.4 Å². The normalized spacial score (nSPS) is 10.3. The maximum Gasteiger partial charge on any atom is 0.264 e. The van der Waals surface area contributed by atoms with Gasteiger partial charge in [0.2, 0.25) is 5.91 Å².